The first-order chi connectivity index (χ1) is 12.6. The summed E-state index contributed by atoms with van der Waals surface area (Å²) in [7, 11) is 0. The molecule has 0 saturated carbocycles. The molecule has 0 aliphatic rings. The maximum atomic E-state index is 12.1. The van der Waals surface area contributed by atoms with Crippen LogP contribution in [0.3, 0.4) is 0 Å². The zero-order valence-electron chi connectivity index (χ0n) is 14.0. The number of hydrogen-bond donors (Lipinski definition) is 1. The van der Waals surface area contributed by atoms with Gasteiger partial charge in [0.15, 0.2) is 0 Å². The molecule has 2 heterocycles. The number of carbonyl (C=O) groups excluding carboxylic acids is 1. The SMILES string of the molecule is O=C(CCc1ccc(Cl)c(Cl)c1)NCc1ccnc(-c2ccncc2)c1. The van der Waals surface area contributed by atoms with E-state index < -0.39 is 0 Å². The van der Waals surface area contributed by atoms with Crippen molar-refractivity contribution in [1.29, 1.82) is 0 Å². The number of rotatable bonds is 6. The fourth-order valence-corrected chi connectivity index (χ4v) is 2.83. The first kappa shape index (κ1) is 18.4. The lowest BCUT2D eigenvalue weighted by Gasteiger charge is -2.08. The van der Waals surface area contributed by atoms with Crippen LogP contribution in [0, 0.1) is 0 Å². The van der Waals surface area contributed by atoms with Crippen LogP contribution < -0.4 is 5.32 Å². The molecule has 132 valence electrons. The highest BCUT2D eigenvalue weighted by molar-refractivity contribution is 6.42. The molecule has 1 amide bonds. The second-order valence-electron chi connectivity index (χ2n) is 5.81. The first-order valence-electron chi connectivity index (χ1n) is 8.18. The van der Waals surface area contributed by atoms with Crippen LogP contribution >= 0.6 is 23.2 Å². The molecule has 26 heavy (non-hydrogen) atoms. The highest BCUT2D eigenvalue weighted by Crippen LogP contribution is 2.23. The molecule has 3 aromatic rings. The lowest BCUT2D eigenvalue weighted by Crippen LogP contribution is -2.23. The Kier molecular flexibility index (Phi) is 6.21. The maximum Gasteiger partial charge on any atom is 0.220 e. The molecule has 4 nitrogen and oxygen atoms in total. The summed E-state index contributed by atoms with van der Waals surface area (Å²) in [5.41, 5.74) is 3.83. The standard InChI is InChI=1S/C20H17Cl2N3O/c21-17-3-1-14(11-18(17)22)2-4-20(26)25-13-15-5-10-24-19(12-15)16-6-8-23-9-7-16/h1,3,5-12H,2,4,13H2,(H,25,26). The molecule has 0 unspecified atom stereocenters. The summed E-state index contributed by atoms with van der Waals surface area (Å²) in [5.74, 6) is -0.0154. The molecule has 1 aromatic carbocycles. The Balaban J connectivity index is 1.54. The summed E-state index contributed by atoms with van der Waals surface area (Å²) in [5, 5.41) is 3.96. The predicted octanol–water partition coefficient (Wildman–Crippen LogP) is 4.70. The minimum absolute atomic E-state index is 0.0154. The normalized spacial score (nSPS) is 10.5. The number of benzene rings is 1. The number of aryl methyl sites for hydroxylation is 1. The second kappa shape index (κ2) is 8.79. The summed E-state index contributed by atoms with van der Waals surface area (Å²) >= 11 is 11.9. The molecular weight excluding hydrogens is 369 g/mol. The van der Waals surface area contributed by atoms with Crippen molar-refractivity contribution >= 4 is 29.1 Å². The van der Waals surface area contributed by atoms with E-state index in [9.17, 15) is 4.79 Å². The highest BCUT2D eigenvalue weighted by Gasteiger charge is 2.06. The van der Waals surface area contributed by atoms with Gasteiger partial charge in [-0.25, -0.2) is 0 Å². The summed E-state index contributed by atoms with van der Waals surface area (Å²) in [6.45, 7) is 0.459. The Morgan fingerprint density at radius 2 is 1.73 bits per heavy atom. The lowest BCUT2D eigenvalue weighted by molar-refractivity contribution is -0.121. The number of nitrogens with zero attached hydrogens (tertiary/aromatic N) is 2. The third-order valence-electron chi connectivity index (χ3n) is 3.91. The van der Waals surface area contributed by atoms with Crippen LogP contribution in [0.1, 0.15) is 17.5 Å². The molecule has 0 bridgehead atoms. The van der Waals surface area contributed by atoms with Gasteiger partial charge in [-0.05, 0) is 53.9 Å². The zero-order valence-corrected chi connectivity index (χ0v) is 15.5. The molecule has 6 heteroatoms. The summed E-state index contributed by atoms with van der Waals surface area (Å²) in [6.07, 6.45) is 6.21. The van der Waals surface area contributed by atoms with Crippen LogP contribution in [0.15, 0.2) is 61.1 Å². The monoisotopic (exact) mass is 385 g/mol. The van der Waals surface area contributed by atoms with E-state index in [1.165, 1.54) is 0 Å². The summed E-state index contributed by atoms with van der Waals surface area (Å²) < 4.78 is 0. The number of hydrogen-bond acceptors (Lipinski definition) is 3. The van der Waals surface area contributed by atoms with E-state index in [-0.39, 0.29) is 5.91 Å². The molecular formula is C20H17Cl2N3O. The number of nitrogens with one attached hydrogen (secondary N) is 1. The molecule has 0 radical (unpaired) electrons. The molecule has 0 fully saturated rings. The largest absolute Gasteiger partial charge is 0.352 e. The van der Waals surface area contributed by atoms with Crippen molar-refractivity contribution in [1.82, 2.24) is 15.3 Å². The van der Waals surface area contributed by atoms with Gasteiger partial charge < -0.3 is 5.32 Å². The second-order valence-corrected chi connectivity index (χ2v) is 6.62. The molecule has 0 aliphatic heterocycles. The number of pyridine rings is 2. The van der Waals surface area contributed by atoms with E-state index in [1.807, 2.05) is 30.3 Å². The number of amides is 1. The minimum Gasteiger partial charge on any atom is -0.352 e. The molecule has 0 saturated heterocycles. The van der Waals surface area contributed by atoms with Gasteiger partial charge in [-0.1, -0.05) is 29.3 Å². The van der Waals surface area contributed by atoms with Crippen molar-refractivity contribution in [2.24, 2.45) is 0 Å². The van der Waals surface area contributed by atoms with Crippen molar-refractivity contribution in [3.8, 4) is 11.3 Å². The molecule has 3 rings (SSSR count). The quantitative estimate of drug-likeness (QED) is 0.668. The molecule has 0 atom stereocenters. The average Bonchev–Trinajstić information content (AvgIpc) is 2.68. The smallest absolute Gasteiger partial charge is 0.220 e. The van der Waals surface area contributed by atoms with Gasteiger partial charge in [0.25, 0.3) is 0 Å². The van der Waals surface area contributed by atoms with Crippen molar-refractivity contribution in [3.63, 3.8) is 0 Å². The molecule has 1 N–H and O–H groups in total. The van der Waals surface area contributed by atoms with Crippen molar-refractivity contribution in [2.45, 2.75) is 19.4 Å². The fraction of sp³-hybridized carbons (Fsp3) is 0.150. The van der Waals surface area contributed by atoms with E-state index in [0.717, 1.165) is 22.4 Å². The summed E-state index contributed by atoms with van der Waals surface area (Å²) in [4.78, 5) is 20.5. The average molecular weight is 386 g/mol. The minimum atomic E-state index is -0.0154. The van der Waals surface area contributed by atoms with Crippen LogP contribution in [0.4, 0.5) is 0 Å². The van der Waals surface area contributed by atoms with Crippen LogP contribution in [0.25, 0.3) is 11.3 Å². The molecule has 0 spiro atoms. The Morgan fingerprint density at radius 1 is 0.923 bits per heavy atom. The van der Waals surface area contributed by atoms with Crippen molar-refractivity contribution < 1.29 is 4.79 Å². The third-order valence-corrected chi connectivity index (χ3v) is 4.65. The van der Waals surface area contributed by atoms with E-state index in [1.54, 1.807) is 30.7 Å². The van der Waals surface area contributed by atoms with Gasteiger partial charge >= 0.3 is 0 Å². The van der Waals surface area contributed by atoms with Gasteiger partial charge in [-0.2, -0.15) is 0 Å². The van der Waals surface area contributed by atoms with Gasteiger partial charge in [-0.3, -0.25) is 14.8 Å². The van der Waals surface area contributed by atoms with Crippen LogP contribution in [0.2, 0.25) is 10.0 Å². The Labute approximate surface area is 162 Å². The molecule has 0 aliphatic carbocycles. The van der Waals surface area contributed by atoms with E-state index in [4.69, 9.17) is 23.2 Å². The maximum absolute atomic E-state index is 12.1. The van der Waals surface area contributed by atoms with Crippen molar-refractivity contribution in [3.05, 3.63) is 82.2 Å². The van der Waals surface area contributed by atoms with Gasteiger partial charge in [0.1, 0.15) is 0 Å². The third kappa shape index (κ3) is 5.04. The van der Waals surface area contributed by atoms with Gasteiger partial charge in [0.05, 0.1) is 15.7 Å². The van der Waals surface area contributed by atoms with Crippen molar-refractivity contribution in [2.75, 3.05) is 0 Å². The van der Waals surface area contributed by atoms with Crippen LogP contribution in [-0.2, 0) is 17.8 Å². The topological polar surface area (TPSA) is 54.9 Å². The number of halogens is 2. The lowest BCUT2D eigenvalue weighted by atomic mass is 10.1. The Hall–Kier alpha value is -2.43. The Morgan fingerprint density at radius 3 is 2.50 bits per heavy atom. The predicted molar refractivity (Wildman–Crippen MR) is 104 cm³/mol. The van der Waals surface area contributed by atoms with Gasteiger partial charge in [-0.15, -0.1) is 0 Å². The van der Waals surface area contributed by atoms with Crippen LogP contribution in [-0.4, -0.2) is 15.9 Å². The molecule has 2 aromatic heterocycles. The van der Waals surface area contributed by atoms with E-state index >= 15 is 0 Å². The highest BCUT2D eigenvalue weighted by atomic mass is 35.5. The van der Waals surface area contributed by atoms with Gasteiger partial charge in [0.2, 0.25) is 5.91 Å². The summed E-state index contributed by atoms with van der Waals surface area (Å²) in [6, 6.07) is 13.1. The Bertz CT molecular complexity index is 901. The first-order valence-corrected chi connectivity index (χ1v) is 8.93. The van der Waals surface area contributed by atoms with E-state index in [2.05, 4.69) is 15.3 Å². The number of aromatic nitrogens is 2. The number of carbonyl (C=O) groups is 1. The zero-order chi connectivity index (χ0) is 18.4. The van der Waals surface area contributed by atoms with Crippen LogP contribution in [0.5, 0.6) is 0 Å². The van der Waals surface area contributed by atoms with Gasteiger partial charge in [0, 0.05) is 37.1 Å². The fourth-order valence-electron chi connectivity index (χ4n) is 2.51. The van der Waals surface area contributed by atoms with E-state index in [0.29, 0.717) is 29.4 Å².